The van der Waals surface area contributed by atoms with Gasteiger partial charge in [-0.25, -0.2) is 4.39 Å². The summed E-state index contributed by atoms with van der Waals surface area (Å²) in [5.41, 5.74) is 0.884. The van der Waals surface area contributed by atoms with E-state index < -0.39 is 0 Å². The molecule has 0 unspecified atom stereocenters. The fourth-order valence-corrected chi connectivity index (χ4v) is 3.30. The maximum Gasteiger partial charge on any atom is 0.137 e. The molecule has 19 heavy (non-hydrogen) atoms. The second-order valence-corrected chi connectivity index (χ2v) is 6.35. The number of hydrogen-bond donors (Lipinski definition) is 0. The monoisotopic (exact) mass is 326 g/mol. The number of benzene rings is 1. The van der Waals surface area contributed by atoms with E-state index in [1.54, 1.807) is 6.07 Å². The number of rotatable bonds is 5. The zero-order chi connectivity index (χ0) is 13.7. The van der Waals surface area contributed by atoms with Crippen LogP contribution in [0.1, 0.15) is 50.5 Å². The molecule has 1 saturated carbocycles. The van der Waals surface area contributed by atoms with E-state index in [4.69, 9.17) is 0 Å². The van der Waals surface area contributed by atoms with Gasteiger partial charge in [-0.2, -0.15) is 0 Å². The maximum atomic E-state index is 13.0. The van der Waals surface area contributed by atoms with Crippen molar-refractivity contribution in [2.75, 3.05) is 0 Å². The molecule has 104 valence electrons. The number of Topliss-reactive ketones (excluding diaryl/α,β-unsaturated/α-hetero) is 1. The lowest BCUT2D eigenvalue weighted by molar-refractivity contribution is -0.118. The molecule has 1 aromatic rings. The first-order valence-electron chi connectivity index (χ1n) is 7.11. The van der Waals surface area contributed by atoms with Crippen molar-refractivity contribution in [2.45, 2.75) is 51.4 Å². The normalized spacial score (nSPS) is 16.5. The summed E-state index contributed by atoms with van der Waals surface area (Å²) in [6.07, 6.45) is 8.67. The van der Waals surface area contributed by atoms with Gasteiger partial charge in [0.2, 0.25) is 0 Å². The highest BCUT2D eigenvalue weighted by atomic mass is 79.9. The summed E-state index contributed by atoms with van der Waals surface area (Å²) in [4.78, 5) is 12.0. The third-order valence-electron chi connectivity index (χ3n) is 3.96. The minimum atomic E-state index is -0.273. The Hall–Kier alpha value is -0.700. The number of carbonyl (C=O) groups excluding carboxylic acids is 1. The Morgan fingerprint density at radius 2 is 2.00 bits per heavy atom. The minimum Gasteiger partial charge on any atom is -0.299 e. The van der Waals surface area contributed by atoms with E-state index in [9.17, 15) is 9.18 Å². The van der Waals surface area contributed by atoms with Gasteiger partial charge in [-0.05, 0) is 30.0 Å². The van der Waals surface area contributed by atoms with Gasteiger partial charge in [0.1, 0.15) is 11.6 Å². The lowest BCUT2D eigenvalue weighted by Crippen LogP contribution is -2.10. The van der Waals surface area contributed by atoms with Gasteiger partial charge in [-0.1, -0.05) is 54.1 Å². The molecular weight excluding hydrogens is 307 g/mol. The van der Waals surface area contributed by atoms with E-state index >= 15 is 0 Å². The standard InChI is InChI=1S/C16H20BrFO/c17-16-11-14(18)8-7-13(16)10-15(19)9-6-12-4-2-1-3-5-12/h7-8,11-12H,1-6,9-10H2. The van der Waals surface area contributed by atoms with Gasteiger partial charge in [0, 0.05) is 17.3 Å². The first-order chi connectivity index (χ1) is 9.15. The van der Waals surface area contributed by atoms with E-state index in [0.29, 0.717) is 17.3 Å². The molecule has 0 heterocycles. The Kier molecular flexibility index (Phi) is 5.56. The average Bonchev–Trinajstić information content (AvgIpc) is 2.41. The largest absolute Gasteiger partial charge is 0.299 e. The second kappa shape index (κ2) is 7.18. The summed E-state index contributed by atoms with van der Waals surface area (Å²) >= 11 is 3.31. The van der Waals surface area contributed by atoms with Gasteiger partial charge in [-0.3, -0.25) is 4.79 Å². The van der Waals surface area contributed by atoms with Gasteiger partial charge in [-0.15, -0.1) is 0 Å². The molecular formula is C16H20BrFO. The fraction of sp³-hybridized carbons (Fsp3) is 0.562. The summed E-state index contributed by atoms with van der Waals surface area (Å²) in [5, 5.41) is 0. The van der Waals surface area contributed by atoms with Crippen LogP contribution in [0.5, 0.6) is 0 Å². The predicted octanol–water partition coefficient (Wildman–Crippen LogP) is 5.06. The summed E-state index contributed by atoms with van der Waals surface area (Å²) in [6, 6.07) is 4.52. The molecule has 0 aliphatic heterocycles. The van der Waals surface area contributed by atoms with Gasteiger partial charge >= 0.3 is 0 Å². The molecule has 2 rings (SSSR count). The van der Waals surface area contributed by atoms with E-state index in [1.807, 2.05) is 0 Å². The summed E-state index contributed by atoms with van der Waals surface area (Å²) in [5.74, 6) is 0.734. The molecule has 0 radical (unpaired) electrons. The quantitative estimate of drug-likeness (QED) is 0.739. The molecule has 1 aromatic carbocycles. The van der Waals surface area contributed by atoms with Crippen LogP contribution in [-0.4, -0.2) is 5.78 Å². The Morgan fingerprint density at radius 3 is 2.68 bits per heavy atom. The van der Waals surface area contributed by atoms with Crippen molar-refractivity contribution in [3.63, 3.8) is 0 Å². The van der Waals surface area contributed by atoms with Crippen molar-refractivity contribution in [1.82, 2.24) is 0 Å². The second-order valence-electron chi connectivity index (χ2n) is 5.49. The van der Waals surface area contributed by atoms with Gasteiger partial charge in [0.05, 0.1) is 0 Å². The van der Waals surface area contributed by atoms with Crippen molar-refractivity contribution in [3.05, 3.63) is 34.1 Å². The van der Waals surface area contributed by atoms with Crippen molar-refractivity contribution >= 4 is 21.7 Å². The number of halogens is 2. The average molecular weight is 327 g/mol. The molecule has 0 atom stereocenters. The molecule has 1 aliphatic carbocycles. The highest BCUT2D eigenvalue weighted by Crippen LogP contribution is 2.27. The molecule has 0 saturated heterocycles. The van der Waals surface area contributed by atoms with Crippen LogP contribution in [0.15, 0.2) is 22.7 Å². The van der Waals surface area contributed by atoms with Crippen LogP contribution < -0.4 is 0 Å². The van der Waals surface area contributed by atoms with Gasteiger partial charge < -0.3 is 0 Å². The van der Waals surface area contributed by atoms with E-state index in [2.05, 4.69) is 15.9 Å². The van der Waals surface area contributed by atoms with Gasteiger partial charge in [0.25, 0.3) is 0 Å². The lowest BCUT2D eigenvalue weighted by atomic mass is 9.85. The highest BCUT2D eigenvalue weighted by molar-refractivity contribution is 9.10. The molecule has 0 N–H and O–H groups in total. The molecule has 1 nitrogen and oxygen atoms in total. The Bertz CT molecular complexity index is 438. The van der Waals surface area contributed by atoms with Crippen LogP contribution in [0.25, 0.3) is 0 Å². The van der Waals surface area contributed by atoms with Crippen LogP contribution >= 0.6 is 15.9 Å². The summed E-state index contributed by atoms with van der Waals surface area (Å²) in [6.45, 7) is 0. The Labute approximate surface area is 122 Å². The van der Waals surface area contributed by atoms with E-state index in [-0.39, 0.29) is 11.6 Å². The fourth-order valence-electron chi connectivity index (χ4n) is 2.81. The van der Waals surface area contributed by atoms with Crippen molar-refractivity contribution in [1.29, 1.82) is 0 Å². The van der Waals surface area contributed by atoms with E-state index in [0.717, 1.165) is 17.9 Å². The van der Waals surface area contributed by atoms with Gasteiger partial charge in [0.15, 0.2) is 0 Å². The smallest absolute Gasteiger partial charge is 0.137 e. The number of ketones is 1. The first-order valence-corrected chi connectivity index (χ1v) is 7.90. The van der Waals surface area contributed by atoms with Crippen molar-refractivity contribution in [3.8, 4) is 0 Å². The van der Waals surface area contributed by atoms with Crippen molar-refractivity contribution in [2.24, 2.45) is 5.92 Å². The topological polar surface area (TPSA) is 17.1 Å². The third-order valence-corrected chi connectivity index (χ3v) is 4.70. The number of carbonyl (C=O) groups is 1. The minimum absolute atomic E-state index is 0.262. The maximum absolute atomic E-state index is 13.0. The SMILES string of the molecule is O=C(CCC1CCCCC1)Cc1ccc(F)cc1Br. The molecule has 1 aliphatic rings. The lowest BCUT2D eigenvalue weighted by Gasteiger charge is -2.20. The molecule has 0 amide bonds. The van der Waals surface area contributed by atoms with E-state index in [1.165, 1.54) is 44.2 Å². The van der Waals surface area contributed by atoms with Crippen LogP contribution in [-0.2, 0) is 11.2 Å². The van der Waals surface area contributed by atoms with Crippen molar-refractivity contribution < 1.29 is 9.18 Å². The van der Waals surface area contributed by atoms with Crippen LogP contribution in [0.4, 0.5) is 4.39 Å². The van der Waals surface area contributed by atoms with Crippen LogP contribution in [0.3, 0.4) is 0 Å². The van der Waals surface area contributed by atoms with Crippen LogP contribution in [0.2, 0.25) is 0 Å². The summed E-state index contributed by atoms with van der Waals surface area (Å²) < 4.78 is 13.7. The molecule has 1 fully saturated rings. The molecule has 0 aromatic heterocycles. The number of hydrogen-bond acceptors (Lipinski definition) is 1. The summed E-state index contributed by atoms with van der Waals surface area (Å²) in [7, 11) is 0. The highest BCUT2D eigenvalue weighted by Gasteiger charge is 2.15. The zero-order valence-corrected chi connectivity index (χ0v) is 12.7. The molecule has 0 spiro atoms. The third kappa shape index (κ3) is 4.72. The molecule has 3 heteroatoms. The first kappa shape index (κ1) is 14.7. The Balaban J connectivity index is 1.80. The molecule has 0 bridgehead atoms. The Morgan fingerprint density at radius 1 is 1.26 bits per heavy atom. The van der Waals surface area contributed by atoms with Crippen LogP contribution in [0, 0.1) is 11.7 Å². The zero-order valence-electron chi connectivity index (χ0n) is 11.1. The predicted molar refractivity (Wildman–Crippen MR) is 78.6 cm³/mol.